The zero-order valence-electron chi connectivity index (χ0n) is 12.0. The van der Waals surface area contributed by atoms with Crippen LogP contribution in [0, 0.1) is 0 Å². The fourth-order valence-corrected chi connectivity index (χ4v) is 2.77. The van der Waals surface area contributed by atoms with Crippen LogP contribution in [0.25, 0.3) is 0 Å². The Labute approximate surface area is 137 Å². The lowest BCUT2D eigenvalue weighted by Crippen LogP contribution is -2.08. The maximum Gasteiger partial charge on any atom is 0.307 e. The van der Waals surface area contributed by atoms with Gasteiger partial charge in [0.2, 0.25) is 5.78 Å². The van der Waals surface area contributed by atoms with Crippen LogP contribution in [0.2, 0.25) is 5.02 Å². The molecule has 1 heterocycles. The number of aromatic hydroxyl groups is 1. The average Bonchev–Trinajstić information content (AvgIpc) is 2.95. The van der Waals surface area contributed by atoms with E-state index in [2.05, 4.69) is 0 Å². The number of phenolic OH excluding ortho intramolecular Hbond substituents is 1. The number of carboxylic acids is 1. The van der Waals surface area contributed by atoms with Crippen LogP contribution < -0.4 is 4.74 Å². The number of phenols is 1. The van der Waals surface area contributed by atoms with Crippen LogP contribution in [0.3, 0.4) is 0 Å². The Kier molecular flexibility index (Phi) is 3.96. The first-order chi connectivity index (χ1) is 11.0. The number of ether oxygens (including phenoxy) is 1. The SMILES string of the molecule is O=C(O)Cc1cc2c(c(C(=O)c3ccc(Cl)cc3)c1O)OCC2. The molecule has 2 aromatic carbocycles. The number of rotatable bonds is 4. The van der Waals surface area contributed by atoms with Crippen molar-refractivity contribution < 1.29 is 24.5 Å². The molecule has 6 heteroatoms. The van der Waals surface area contributed by atoms with Gasteiger partial charge in [-0.25, -0.2) is 0 Å². The van der Waals surface area contributed by atoms with Crippen molar-refractivity contribution in [2.75, 3.05) is 6.61 Å². The third-order valence-electron chi connectivity index (χ3n) is 3.70. The summed E-state index contributed by atoms with van der Waals surface area (Å²) in [7, 11) is 0. The number of carboxylic acid groups (broad SMARTS) is 1. The number of aliphatic carboxylic acids is 1. The maximum atomic E-state index is 12.7. The lowest BCUT2D eigenvalue weighted by molar-refractivity contribution is -0.136. The molecule has 0 saturated heterocycles. The van der Waals surface area contributed by atoms with E-state index in [0.29, 0.717) is 29.4 Å². The van der Waals surface area contributed by atoms with Crippen molar-refractivity contribution in [3.05, 3.63) is 57.6 Å². The Balaban J connectivity index is 2.13. The number of hydrogen-bond donors (Lipinski definition) is 2. The number of carbonyl (C=O) groups excluding carboxylic acids is 1. The highest BCUT2D eigenvalue weighted by molar-refractivity contribution is 6.30. The Morgan fingerprint density at radius 1 is 1.22 bits per heavy atom. The molecule has 1 aliphatic rings. The van der Waals surface area contributed by atoms with Gasteiger partial charge in [0.05, 0.1) is 13.0 Å². The summed E-state index contributed by atoms with van der Waals surface area (Å²) in [5, 5.41) is 19.9. The van der Waals surface area contributed by atoms with Crippen LogP contribution in [0.15, 0.2) is 30.3 Å². The molecule has 2 aromatic rings. The molecule has 2 N–H and O–H groups in total. The van der Waals surface area contributed by atoms with E-state index >= 15 is 0 Å². The molecule has 0 aromatic heterocycles. The lowest BCUT2D eigenvalue weighted by Gasteiger charge is -2.13. The molecule has 0 fully saturated rings. The van der Waals surface area contributed by atoms with Crippen LogP contribution in [0.5, 0.6) is 11.5 Å². The molecule has 0 radical (unpaired) electrons. The molecular formula is C17H13ClO5. The fraction of sp³-hybridized carbons (Fsp3) is 0.176. The molecule has 3 rings (SSSR count). The van der Waals surface area contributed by atoms with Gasteiger partial charge in [-0.2, -0.15) is 0 Å². The molecule has 5 nitrogen and oxygen atoms in total. The summed E-state index contributed by atoms with van der Waals surface area (Å²) in [5.74, 6) is -1.52. The van der Waals surface area contributed by atoms with Crippen LogP contribution >= 0.6 is 11.6 Å². The van der Waals surface area contributed by atoms with Gasteiger partial charge in [-0.1, -0.05) is 11.6 Å². The molecular weight excluding hydrogens is 320 g/mol. The fourth-order valence-electron chi connectivity index (χ4n) is 2.64. The van der Waals surface area contributed by atoms with E-state index in [0.717, 1.165) is 5.56 Å². The predicted octanol–water partition coefficient (Wildman–Crippen LogP) is 2.84. The van der Waals surface area contributed by atoms with Gasteiger partial charge in [-0.3, -0.25) is 9.59 Å². The average molecular weight is 333 g/mol. The summed E-state index contributed by atoms with van der Waals surface area (Å²) in [6.45, 7) is 0.395. The van der Waals surface area contributed by atoms with E-state index < -0.39 is 11.8 Å². The Hall–Kier alpha value is -2.53. The van der Waals surface area contributed by atoms with Crippen LogP contribution in [0.1, 0.15) is 27.0 Å². The van der Waals surface area contributed by atoms with E-state index in [-0.39, 0.29) is 23.3 Å². The molecule has 0 unspecified atom stereocenters. The maximum absolute atomic E-state index is 12.7. The molecule has 23 heavy (non-hydrogen) atoms. The lowest BCUT2D eigenvalue weighted by atomic mass is 9.94. The van der Waals surface area contributed by atoms with Crippen molar-refractivity contribution in [3.8, 4) is 11.5 Å². The summed E-state index contributed by atoms with van der Waals surface area (Å²) in [6, 6.07) is 7.84. The van der Waals surface area contributed by atoms with Crippen molar-refractivity contribution in [1.29, 1.82) is 0 Å². The standard InChI is InChI=1S/C17H13ClO5/c18-12-3-1-9(2-4-12)15(21)14-16(22)11(8-13(19)20)7-10-5-6-23-17(10)14/h1-4,7,22H,5-6,8H2,(H,19,20). The first-order valence-corrected chi connectivity index (χ1v) is 7.37. The molecule has 0 amide bonds. The highest BCUT2D eigenvalue weighted by atomic mass is 35.5. The van der Waals surface area contributed by atoms with E-state index in [4.69, 9.17) is 21.4 Å². The summed E-state index contributed by atoms with van der Waals surface area (Å²) in [5.41, 5.74) is 1.30. The summed E-state index contributed by atoms with van der Waals surface area (Å²) in [4.78, 5) is 23.7. The van der Waals surface area contributed by atoms with Crippen molar-refractivity contribution in [1.82, 2.24) is 0 Å². The minimum Gasteiger partial charge on any atom is -0.507 e. The van der Waals surface area contributed by atoms with Gasteiger partial charge >= 0.3 is 5.97 Å². The molecule has 1 aliphatic heterocycles. The Morgan fingerprint density at radius 2 is 1.91 bits per heavy atom. The van der Waals surface area contributed by atoms with E-state index in [1.807, 2.05) is 0 Å². The highest BCUT2D eigenvalue weighted by Gasteiger charge is 2.28. The van der Waals surface area contributed by atoms with Crippen molar-refractivity contribution in [3.63, 3.8) is 0 Å². The molecule has 0 spiro atoms. The van der Waals surface area contributed by atoms with Crippen LogP contribution in [0.4, 0.5) is 0 Å². The zero-order valence-corrected chi connectivity index (χ0v) is 12.8. The van der Waals surface area contributed by atoms with Gasteiger partial charge < -0.3 is 14.9 Å². The number of benzene rings is 2. The van der Waals surface area contributed by atoms with Crippen molar-refractivity contribution >= 4 is 23.4 Å². The molecule has 0 atom stereocenters. The third kappa shape index (κ3) is 2.87. The summed E-state index contributed by atoms with van der Waals surface area (Å²) < 4.78 is 5.48. The summed E-state index contributed by atoms with van der Waals surface area (Å²) in [6.07, 6.45) is 0.211. The second-order valence-electron chi connectivity index (χ2n) is 5.25. The van der Waals surface area contributed by atoms with Gasteiger partial charge in [-0.05, 0) is 35.9 Å². The molecule has 0 saturated carbocycles. The smallest absolute Gasteiger partial charge is 0.307 e. The highest BCUT2D eigenvalue weighted by Crippen LogP contribution is 2.40. The van der Waals surface area contributed by atoms with Gasteiger partial charge in [0.15, 0.2) is 0 Å². The number of ketones is 1. The first-order valence-electron chi connectivity index (χ1n) is 7.00. The summed E-state index contributed by atoms with van der Waals surface area (Å²) >= 11 is 5.82. The molecule has 0 aliphatic carbocycles. The van der Waals surface area contributed by atoms with E-state index in [9.17, 15) is 14.7 Å². The topological polar surface area (TPSA) is 83.8 Å². The van der Waals surface area contributed by atoms with Crippen LogP contribution in [-0.4, -0.2) is 28.6 Å². The van der Waals surface area contributed by atoms with Gasteiger partial charge in [0, 0.05) is 22.6 Å². The monoisotopic (exact) mass is 332 g/mol. The Bertz CT molecular complexity index is 796. The van der Waals surface area contributed by atoms with E-state index in [1.54, 1.807) is 30.3 Å². The minimum atomic E-state index is -1.08. The zero-order chi connectivity index (χ0) is 16.6. The first kappa shape index (κ1) is 15.4. The van der Waals surface area contributed by atoms with Gasteiger partial charge in [-0.15, -0.1) is 0 Å². The predicted molar refractivity (Wildman–Crippen MR) is 83.5 cm³/mol. The quantitative estimate of drug-likeness (QED) is 0.841. The number of hydrogen-bond acceptors (Lipinski definition) is 4. The second-order valence-corrected chi connectivity index (χ2v) is 5.69. The third-order valence-corrected chi connectivity index (χ3v) is 3.95. The van der Waals surface area contributed by atoms with Gasteiger partial charge in [0.1, 0.15) is 17.1 Å². The van der Waals surface area contributed by atoms with Gasteiger partial charge in [0.25, 0.3) is 0 Å². The van der Waals surface area contributed by atoms with Crippen molar-refractivity contribution in [2.45, 2.75) is 12.8 Å². The van der Waals surface area contributed by atoms with E-state index in [1.165, 1.54) is 0 Å². The Morgan fingerprint density at radius 3 is 2.57 bits per heavy atom. The normalized spacial score (nSPS) is 12.6. The number of halogens is 1. The van der Waals surface area contributed by atoms with Crippen LogP contribution in [-0.2, 0) is 17.6 Å². The number of fused-ring (bicyclic) bond motifs is 1. The minimum absolute atomic E-state index is 0.0126. The second kappa shape index (κ2) is 5.93. The molecule has 0 bridgehead atoms. The number of carbonyl (C=O) groups is 2. The molecule has 118 valence electrons. The largest absolute Gasteiger partial charge is 0.507 e. The van der Waals surface area contributed by atoms with Crippen molar-refractivity contribution in [2.24, 2.45) is 0 Å².